The van der Waals surface area contributed by atoms with Crippen molar-refractivity contribution in [3.8, 4) is 5.75 Å². The number of rotatable bonds is 5. The molecule has 0 unspecified atom stereocenters. The van der Waals surface area contributed by atoms with Gasteiger partial charge in [0, 0.05) is 11.1 Å². The van der Waals surface area contributed by atoms with Crippen molar-refractivity contribution in [2.75, 3.05) is 20.2 Å². The summed E-state index contributed by atoms with van der Waals surface area (Å²) < 4.78 is 5.77. The van der Waals surface area contributed by atoms with Crippen LogP contribution in [-0.4, -0.2) is 25.2 Å². The molecule has 0 radical (unpaired) electrons. The van der Waals surface area contributed by atoms with E-state index in [0.717, 1.165) is 41.9 Å². The maximum atomic E-state index is 5.77. The number of para-hydroxylation sites is 1. The molecule has 0 atom stereocenters. The predicted molar refractivity (Wildman–Crippen MR) is 70.5 cm³/mol. The lowest BCUT2D eigenvalue weighted by molar-refractivity contribution is 0.313. The van der Waals surface area contributed by atoms with Crippen molar-refractivity contribution >= 4 is 10.9 Å². The lowest BCUT2D eigenvalue weighted by Crippen LogP contribution is -2.11. The number of aromatic nitrogens is 1. The zero-order valence-electron chi connectivity index (χ0n) is 10.4. The van der Waals surface area contributed by atoms with E-state index in [1.807, 2.05) is 32.2 Å². The van der Waals surface area contributed by atoms with Gasteiger partial charge in [0.2, 0.25) is 0 Å². The molecule has 0 fully saturated rings. The summed E-state index contributed by atoms with van der Waals surface area (Å²) in [5.74, 6) is 0.877. The molecular weight excluding hydrogens is 212 g/mol. The van der Waals surface area contributed by atoms with Crippen LogP contribution in [0, 0.1) is 6.92 Å². The molecule has 0 aliphatic rings. The van der Waals surface area contributed by atoms with Gasteiger partial charge in [-0.1, -0.05) is 18.2 Å². The third-order valence-electron chi connectivity index (χ3n) is 2.65. The molecular formula is C14H18N2O. The summed E-state index contributed by atoms with van der Waals surface area (Å²) in [6.45, 7) is 3.68. The molecule has 0 bridgehead atoms. The lowest BCUT2D eigenvalue weighted by Gasteiger charge is -2.08. The zero-order chi connectivity index (χ0) is 12.1. The van der Waals surface area contributed by atoms with Crippen molar-refractivity contribution in [3.63, 3.8) is 0 Å². The summed E-state index contributed by atoms with van der Waals surface area (Å²) in [6.07, 6.45) is 0.999. The van der Waals surface area contributed by atoms with Crippen LogP contribution in [0.3, 0.4) is 0 Å². The van der Waals surface area contributed by atoms with E-state index >= 15 is 0 Å². The average Bonchev–Trinajstić information content (AvgIpc) is 2.35. The first-order chi connectivity index (χ1) is 8.31. The summed E-state index contributed by atoms with van der Waals surface area (Å²) in [6, 6.07) is 10.1. The van der Waals surface area contributed by atoms with Crippen LogP contribution < -0.4 is 10.1 Å². The Hall–Kier alpha value is -1.61. The molecule has 3 heteroatoms. The van der Waals surface area contributed by atoms with Crippen LogP contribution in [0.4, 0.5) is 0 Å². The van der Waals surface area contributed by atoms with Crippen LogP contribution in [0.15, 0.2) is 30.3 Å². The molecule has 0 spiro atoms. The highest BCUT2D eigenvalue weighted by molar-refractivity contribution is 5.84. The number of benzene rings is 1. The van der Waals surface area contributed by atoms with Crippen LogP contribution in [0.5, 0.6) is 5.75 Å². The van der Waals surface area contributed by atoms with Crippen molar-refractivity contribution in [3.05, 3.63) is 36.0 Å². The predicted octanol–water partition coefficient (Wildman–Crippen LogP) is 2.53. The van der Waals surface area contributed by atoms with Gasteiger partial charge in [0.05, 0.1) is 6.61 Å². The molecule has 17 heavy (non-hydrogen) atoms. The van der Waals surface area contributed by atoms with Crippen molar-refractivity contribution in [1.82, 2.24) is 10.3 Å². The fraction of sp³-hybridized carbons (Fsp3) is 0.357. The molecule has 2 rings (SSSR count). The van der Waals surface area contributed by atoms with E-state index in [-0.39, 0.29) is 0 Å². The highest BCUT2D eigenvalue weighted by Gasteiger charge is 2.03. The van der Waals surface area contributed by atoms with Crippen molar-refractivity contribution in [2.24, 2.45) is 0 Å². The van der Waals surface area contributed by atoms with Crippen LogP contribution in [0.2, 0.25) is 0 Å². The molecule has 0 aliphatic heterocycles. The minimum Gasteiger partial charge on any atom is -0.491 e. The molecule has 0 saturated heterocycles. The number of hydrogen-bond acceptors (Lipinski definition) is 3. The van der Waals surface area contributed by atoms with Gasteiger partial charge in [-0.25, -0.2) is 4.98 Å². The molecule has 1 heterocycles. The van der Waals surface area contributed by atoms with E-state index in [1.165, 1.54) is 0 Å². The van der Waals surface area contributed by atoms with E-state index in [0.29, 0.717) is 0 Å². The SMILES string of the molecule is CNCCCOc1cccc2ccc(C)nc12. The second-order valence-corrected chi connectivity index (χ2v) is 4.09. The standard InChI is InChI=1S/C14H18N2O/c1-11-7-8-12-5-3-6-13(14(12)16-11)17-10-4-9-15-2/h3,5-8,15H,4,9-10H2,1-2H3. The molecule has 3 nitrogen and oxygen atoms in total. The van der Waals surface area contributed by atoms with Crippen LogP contribution in [0.1, 0.15) is 12.1 Å². The highest BCUT2D eigenvalue weighted by Crippen LogP contribution is 2.23. The summed E-state index contributed by atoms with van der Waals surface area (Å²) in [5, 5.41) is 4.23. The van der Waals surface area contributed by atoms with E-state index in [1.54, 1.807) is 0 Å². The minimum atomic E-state index is 0.718. The van der Waals surface area contributed by atoms with E-state index in [9.17, 15) is 0 Å². The second-order valence-electron chi connectivity index (χ2n) is 4.09. The molecule has 90 valence electrons. The van der Waals surface area contributed by atoms with Crippen molar-refractivity contribution < 1.29 is 4.74 Å². The third kappa shape index (κ3) is 2.94. The molecule has 0 aliphatic carbocycles. The number of pyridine rings is 1. The van der Waals surface area contributed by atoms with Crippen LogP contribution >= 0.6 is 0 Å². The van der Waals surface area contributed by atoms with Gasteiger partial charge in [-0.05, 0) is 39.1 Å². The van der Waals surface area contributed by atoms with Crippen LogP contribution in [0.25, 0.3) is 10.9 Å². The topological polar surface area (TPSA) is 34.1 Å². The number of fused-ring (bicyclic) bond motifs is 1. The maximum absolute atomic E-state index is 5.77. The Morgan fingerprint density at radius 2 is 2.12 bits per heavy atom. The largest absolute Gasteiger partial charge is 0.491 e. The molecule has 1 aromatic heterocycles. The Balaban J connectivity index is 2.18. The Bertz CT molecular complexity index is 497. The Morgan fingerprint density at radius 3 is 2.94 bits per heavy atom. The van der Waals surface area contributed by atoms with Crippen molar-refractivity contribution in [2.45, 2.75) is 13.3 Å². The third-order valence-corrected chi connectivity index (χ3v) is 2.65. The van der Waals surface area contributed by atoms with Gasteiger partial charge in [0.1, 0.15) is 11.3 Å². The van der Waals surface area contributed by atoms with Gasteiger partial charge in [0.25, 0.3) is 0 Å². The number of ether oxygens (including phenoxy) is 1. The number of hydrogen-bond donors (Lipinski definition) is 1. The first kappa shape index (κ1) is 11.9. The van der Waals surface area contributed by atoms with Gasteiger partial charge in [-0.2, -0.15) is 0 Å². The fourth-order valence-electron chi connectivity index (χ4n) is 1.76. The molecule has 0 amide bonds. The second kappa shape index (κ2) is 5.64. The Kier molecular flexibility index (Phi) is 3.94. The summed E-state index contributed by atoms with van der Waals surface area (Å²) in [5.41, 5.74) is 1.97. The van der Waals surface area contributed by atoms with E-state index in [2.05, 4.69) is 22.4 Å². The van der Waals surface area contributed by atoms with E-state index < -0.39 is 0 Å². The van der Waals surface area contributed by atoms with Gasteiger partial charge in [-0.3, -0.25) is 0 Å². The first-order valence-electron chi connectivity index (χ1n) is 5.95. The van der Waals surface area contributed by atoms with E-state index in [4.69, 9.17) is 4.74 Å². The van der Waals surface area contributed by atoms with Gasteiger partial charge in [0.15, 0.2) is 0 Å². The molecule has 1 aromatic carbocycles. The lowest BCUT2D eigenvalue weighted by atomic mass is 10.2. The molecule has 2 aromatic rings. The Morgan fingerprint density at radius 1 is 1.24 bits per heavy atom. The minimum absolute atomic E-state index is 0.718. The van der Waals surface area contributed by atoms with Gasteiger partial charge in [-0.15, -0.1) is 0 Å². The van der Waals surface area contributed by atoms with Crippen molar-refractivity contribution in [1.29, 1.82) is 0 Å². The number of nitrogens with one attached hydrogen (secondary N) is 1. The quantitative estimate of drug-likeness (QED) is 0.801. The summed E-state index contributed by atoms with van der Waals surface area (Å²) in [4.78, 5) is 4.53. The first-order valence-corrected chi connectivity index (χ1v) is 5.95. The summed E-state index contributed by atoms with van der Waals surface area (Å²) in [7, 11) is 1.95. The monoisotopic (exact) mass is 230 g/mol. The van der Waals surface area contributed by atoms with Gasteiger partial charge >= 0.3 is 0 Å². The number of aryl methyl sites for hydroxylation is 1. The Labute approximate surface area is 102 Å². The highest BCUT2D eigenvalue weighted by atomic mass is 16.5. The fourth-order valence-corrected chi connectivity index (χ4v) is 1.76. The molecule has 1 N–H and O–H groups in total. The smallest absolute Gasteiger partial charge is 0.145 e. The number of nitrogens with zero attached hydrogens (tertiary/aromatic N) is 1. The normalized spacial score (nSPS) is 10.7. The van der Waals surface area contributed by atoms with Crippen LogP contribution in [-0.2, 0) is 0 Å². The van der Waals surface area contributed by atoms with Gasteiger partial charge < -0.3 is 10.1 Å². The summed E-state index contributed by atoms with van der Waals surface area (Å²) >= 11 is 0. The molecule has 0 saturated carbocycles. The maximum Gasteiger partial charge on any atom is 0.145 e. The average molecular weight is 230 g/mol. The zero-order valence-corrected chi connectivity index (χ0v) is 10.4.